The van der Waals surface area contributed by atoms with Gasteiger partial charge in [0.2, 0.25) is 0 Å². The van der Waals surface area contributed by atoms with Gasteiger partial charge in [0.25, 0.3) is 0 Å². The number of unbranched alkanes of at least 4 members (excludes halogenated alkanes) is 2. The fourth-order valence-corrected chi connectivity index (χ4v) is 2.84. The fraction of sp³-hybridized carbons (Fsp3) is 0.391. The Balaban J connectivity index is 2.03. The summed E-state index contributed by atoms with van der Waals surface area (Å²) < 4.78 is 5.42. The first kappa shape index (κ1) is 21.5. The first-order valence-corrected chi connectivity index (χ1v) is 9.93. The molecule has 0 radical (unpaired) electrons. The molecule has 5 heteroatoms. The van der Waals surface area contributed by atoms with Crippen LogP contribution in [0.2, 0.25) is 0 Å². The third-order valence-electron chi connectivity index (χ3n) is 4.44. The normalized spacial score (nSPS) is 10.4. The summed E-state index contributed by atoms with van der Waals surface area (Å²) in [5, 5.41) is 2.94. The number of benzene rings is 1. The van der Waals surface area contributed by atoms with Crippen molar-refractivity contribution in [3.8, 4) is 11.3 Å². The van der Waals surface area contributed by atoms with Gasteiger partial charge in [0, 0.05) is 25.6 Å². The van der Waals surface area contributed by atoms with Gasteiger partial charge in [-0.1, -0.05) is 56.7 Å². The number of nitrogens with zero attached hydrogens (tertiary/aromatic N) is 2. The molecule has 0 aliphatic rings. The Morgan fingerprint density at radius 2 is 1.89 bits per heavy atom. The molecule has 0 aliphatic carbocycles. The van der Waals surface area contributed by atoms with Crippen molar-refractivity contribution >= 4 is 11.8 Å². The van der Waals surface area contributed by atoms with E-state index in [1.807, 2.05) is 37.3 Å². The van der Waals surface area contributed by atoms with E-state index in [9.17, 15) is 4.79 Å². The lowest BCUT2D eigenvalue weighted by atomic mass is 10.1. The van der Waals surface area contributed by atoms with E-state index in [1.54, 1.807) is 11.9 Å². The molecule has 0 bridgehead atoms. The zero-order valence-corrected chi connectivity index (χ0v) is 17.2. The minimum atomic E-state index is -0.134. The molecule has 0 fully saturated rings. The predicted octanol–water partition coefficient (Wildman–Crippen LogP) is 5.18. The Hall–Kier alpha value is -2.82. The van der Waals surface area contributed by atoms with E-state index in [1.165, 1.54) is 0 Å². The number of pyridine rings is 1. The highest BCUT2D eigenvalue weighted by Gasteiger charge is 2.12. The van der Waals surface area contributed by atoms with Gasteiger partial charge in [-0.15, -0.1) is 0 Å². The third-order valence-corrected chi connectivity index (χ3v) is 4.44. The van der Waals surface area contributed by atoms with Crippen LogP contribution in [0.15, 0.2) is 54.8 Å². The lowest BCUT2D eigenvalue weighted by Gasteiger charge is -2.18. The summed E-state index contributed by atoms with van der Waals surface area (Å²) >= 11 is 0. The van der Waals surface area contributed by atoms with Crippen LogP contribution in [0.1, 0.15) is 38.7 Å². The monoisotopic (exact) mass is 381 g/mol. The van der Waals surface area contributed by atoms with Crippen molar-refractivity contribution in [2.24, 2.45) is 0 Å². The molecule has 0 atom stereocenters. The Labute approximate surface area is 168 Å². The summed E-state index contributed by atoms with van der Waals surface area (Å²) in [5.74, 6) is 1.39. The summed E-state index contributed by atoms with van der Waals surface area (Å²) in [6.45, 7) is 9.34. The van der Waals surface area contributed by atoms with Crippen LogP contribution in [0.3, 0.4) is 0 Å². The number of carbonyl (C=O) groups excluding carboxylic acids is 1. The number of hydrogen-bond donors (Lipinski definition) is 1. The summed E-state index contributed by atoms with van der Waals surface area (Å²) in [4.78, 5) is 18.5. The van der Waals surface area contributed by atoms with Gasteiger partial charge in [0.05, 0.1) is 18.1 Å². The van der Waals surface area contributed by atoms with Gasteiger partial charge in [-0.05, 0) is 31.0 Å². The molecule has 2 rings (SSSR count). The Kier molecular flexibility index (Phi) is 8.53. The number of ether oxygens (including phenoxy) is 1. The van der Waals surface area contributed by atoms with Gasteiger partial charge in [0.1, 0.15) is 5.82 Å². The number of allylic oxidation sites excluding steroid dienone is 1. The summed E-state index contributed by atoms with van der Waals surface area (Å²) in [6.07, 6.45) is 3.94. The van der Waals surface area contributed by atoms with E-state index in [0.29, 0.717) is 25.4 Å². The van der Waals surface area contributed by atoms with Crippen LogP contribution in [0, 0.1) is 0 Å². The Bertz CT molecular complexity index is 772. The molecule has 2 aromatic rings. The van der Waals surface area contributed by atoms with Crippen molar-refractivity contribution < 1.29 is 9.53 Å². The molecule has 1 heterocycles. The SMILES string of the molecule is C=C(Cc1ccc(-c2cccc(N(C)C(=O)NCCCCC)n2)cc1)OCC. The van der Waals surface area contributed by atoms with Crippen molar-refractivity contribution in [3.05, 3.63) is 60.4 Å². The molecule has 1 aromatic carbocycles. The number of aromatic nitrogens is 1. The highest BCUT2D eigenvalue weighted by molar-refractivity contribution is 5.90. The molecular formula is C23H31N3O2. The number of nitrogens with one attached hydrogen (secondary N) is 1. The van der Waals surface area contributed by atoms with Crippen LogP contribution in [0.4, 0.5) is 10.6 Å². The van der Waals surface area contributed by atoms with Crippen LogP contribution in [-0.2, 0) is 11.2 Å². The molecule has 0 spiro atoms. The highest BCUT2D eigenvalue weighted by Crippen LogP contribution is 2.21. The van der Waals surface area contributed by atoms with Gasteiger partial charge < -0.3 is 10.1 Å². The fourth-order valence-electron chi connectivity index (χ4n) is 2.84. The second-order valence-electron chi connectivity index (χ2n) is 6.72. The second-order valence-corrected chi connectivity index (χ2v) is 6.72. The largest absolute Gasteiger partial charge is 0.498 e. The number of amides is 2. The summed E-state index contributed by atoms with van der Waals surface area (Å²) in [5.41, 5.74) is 2.98. The lowest BCUT2D eigenvalue weighted by molar-refractivity contribution is 0.225. The molecule has 0 unspecified atom stereocenters. The predicted molar refractivity (Wildman–Crippen MR) is 115 cm³/mol. The van der Waals surface area contributed by atoms with Crippen molar-refractivity contribution in [1.82, 2.24) is 10.3 Å². The molecule has 0 aliphatic heterocycles. The average Bonchev–Trinajstić information content (AvgIpc) is 2.71. The first-order valence-electron chi connectivity index (χ1n) is 9.93. The van der Waals surface area contributed by atoms with Gasteiger partial charge in [-0.25, -0.2) is 9.78 Å². The van der Waals surface area contributed by atoms with Gasteiger partial charge in [0.15, 0.2) is 0 Å². The van der Waals surface area contributed by atoms with Gasteiger partial charge in [-0.2, -0.15) is 0 Å². The molecule has 0 saturated heterocycles. The second kappa shape index (κ2) is 11.1. The number of carbonyl (C=O) groups is 1. The van der Waals surface area contributed by atoms with E-state index < -0.39 is 0 Å². The third kappa shape index (κ3) is 6.41. The van der Waals surface area contributed by atoms with E-state index in [-0.39, 0.29) is 6.03 Å². The van der Waals surface area contributed by atoms with Crippen LogP contribution in [0.25, 0.3) is 11.3 Å². The molecule has 1 aromatic heterocycles. The van der Waals surface area contributed by atoms with Crippen molar-refractivity contribution in [1.29, 1.82) is 0 Å². The van der Waals surface area contributed by atoms with E-state index >= 15 is 0 Å². The van der Waals surface area contributed by atoms with Gasteiger partial charge in [-0.3, -0.25) is 4.90 Å². The Morgan fingerprint density at radius 1 is 1.14 bits per heavy atom. The standard InChI is InChI=1S/C23H31N3O2/c1-5-7-8-16-24-23(27)26(4)22-11-9-10-21(25-22)20-14-12-19(13-15-20)17-18(3)28-6-2/h9-15H,3,5-8,16-17H2,1-2,4H3,(H,24,27). The van der Waals surface area contributed by atoms with Crippen molar-refractivity contribution in [2.75, 3.05) is 25.1 Å². The minimum Gasteiger partial charge on any atom is -0.498 e. The van der Waals surface area contributed by atoms with Crippen LogP contribution in [-0.4, -0.2) is 31.2 Å². The quantitative estimate of drug-likeness (QED) is 0.456. The lowest BCUT2D eigenvalue weighted by Crippen LogP contribution is -2.38. The van der Waals surface area contributed by atoms with Gasteiger partial charge >= 0.3 is 6.03 Å². The number of urea groups is 1. The minimum absolute atomic E-state index is 0.134. The molecular weight excluding hydrogens is 350 g/mol. The number of rotatable bonds is 10. The summed E-state index contributed by atoms with van der Waals surface area (Å²) in [6, 6.07) is 13.8. The zero-order chi connectivity index (χ0) is 20.4. The maximum atomic E-state index is 12.3. The van der Waals surface area contributed by atoms with Crippen LogP contribution < -0.4 is 10.2 Å². The van der Waals surface area contributed by atoms with Crippen molar-refractivity contribution in [3.63, 3.8) is 0 Å². The molecule has 28 heavy (non-hydrogen) atoms. The topological polar surface area (TPSA) is 54.5 Å². The van der Waals surface area contributed by atoms with E-state index in [0.717, 1.165) is 41.8 Å². The number of anilines is 1. The molecule has 0 saturated carbocycles. The molecule has 150 valence electrons. The first-order chi connectivity index (χ1) is 13.5. The maximum Gasteiger partial charge on any atom is 0.322 e. The average molecular weight is 382 g/mol. The molecule has 1 N–H and O–H groups in total. The van der Waals surface area contributed by atoms with E-state index in [2.05, 4.69) is 35.9 Å². The van der Waals surface area contributed by atoms with Crippen molar-refractivity contribution in [2.45, 2.75) is 39.5 Å². The summed E-state index contributed by atoms with van der Waals surface area (Å²) in [7, 11) is 1.74. The zero-order valence-electron chi connectivity index (χ0n) is 17.2. The smallest absolute Gasteiger partial charge is 0.322 e. The maximum absolute atomic E-state index is 12.3. The number of hydrogen-bond acceptors (Lipinski definition) is 3. The van der Waals surface area contributed by atoms with Crippen LogP contribution in [0.5, 0.6) is 0 Å². The van der Waals surface area contributed by atoms with Crippen LogP contribution >= 0.6 is 0 Å². The molecule has 5 nitrogen and oxygen atoms in total. The highest BCUT2D eigenvalue weighted by atomic mass is 16.5. The van der Waals surface area contributed by atoms with E-state index in [4.69, 9.17) is 4.74 Å². The Morgan fingerprint density at radius 3 is 2.57 bits per heavy atom. The molecule has 2 amide bonds.